The van der Waals surface area contributed by atoms with Crippen LogP contribution in [-0.4, -0.2) is 11.7 Å². The summed E-state index contributed by atoms with van der Waals surface area (Å²) in [5.41, 5.74) is 0. The second kappa shape index (κ2) is 51.8. The Labute approximate surface area is 58.7 Å². The van der Waals surface area contributed by atoms with E-state index in [1.807, 2.05) is 0 Å². The first-order chi connectivity index (χ1) is 4.41. The van der Waals surface area contributed by atoms with E-state index in [0.717, 1.165) is 12.8 Å². The van der Waals surface area contributed by atoms with E-state index in [9.17, 15) is 0 Å². The third kappa shape index (κ3) is 106. The first-order valence-corrected chi connectivity index (χ1v) is 3.02. The van der Waals surface area contributed by atoms with Crippen LogP contribution in [0.5, 0.6) is 0 Å². The molecule has 0 aromatic carbocycles. The minimum Gasteiger partial charge on any atom is -0.396 e. The molecule has 0 atom stereocenters. The third-order valence-electron chi connectivity index (χ3n) is 0.512. The van der Waals surface area contributed by atoms with Crippen LogP contribution >= 0.6 is 0 Å². The van der Waals surface area contributed by atoms with Crippen molar-refractivity contribution >= 4 is 0 Å². The molecule has 1 nitrogen and oxygen atoms in total. The lowest BCUT2D eigenvalue weighted by Crippen LogP contribution is -1.75. The zero-order chi connectivity index (χ0) is 8.12. The van der Waals surface area contributed by atoms with E-state index < -0.39 is 0 Å². The predicted molar refractivity (Wildman–Crippen MR) is 44.5 cm³/mol. The molecule has 0 fully saturated rings. The van der Waals surface area contributed by atoms with Crippen molar-refractivity contribution in [1.29, 1.82) is 0 Å². The van der Waals surface area contributed by atoms with Crippen molar-refractivity contribution in [3.63, 3.8) is 0 Å². The molecule has 0 aromatic rings. The fourth-order valence-electron chi connectivity index (χ4n) is 0.158. The van der Waals surface area contributed by atoms with E-state index in [0.29, 0.717) is 6.61 Å². The maximum Gasteiger partial charge on any atom is 0.0430 e. The summed E-state index contributed by atoms with van der Waals surface area (Å²) in [4.78, 5) is 0. The van der Waals surface area contributed by atoms with Crippen molar-refractivity contribution in [2.45, 2.75) is 19.8 Å². The molecule has 9 heavy (non-hydrogen) atoms. The highest BCUT2D eigenvalue weighted by Gasteiger charge is 1.69. The van der Waals surface area contributed by atoms with Gasteiger partial charge in [-0.05, 0) is 6.42 Å². The van der Waals surface area contributed by atoms with E-state index in [1.54, 1.807) is 0 Å². The lowest BCUT2D eigenvalue weighted by molar-refractivity contribution is 0.287. The van der Waals surface area contributed by atoms with Crippen molar-refractivity contribution in [2.75, 3.05) is 6.61 Å². The van der Waals surface area contributed by atoms with Crippen LogP contribution in [0.1, 0.15) is 19.8 Å². The number of hydrogen-bond acceptors (Lipinski definition) is 1. The van der Waals surface area contributed by atoms with Gasteiger partial charge in [0.05, 0.1) is 0 Å². The highest BCUT2D eigenvalue weighted by molar-refractivity contribution is 4.23. The Bertz CT molecular complexity index is 23.7. The summed E-state index contributed by atoms with van der Waals surface area (Å²) in [5, 5.41) is 8.07. The predicted octanol–water partition coefficient (Wildman–Crippen LogP) is 2.38. The van der Waals surface area contributed by atoms with Crippen molar-refractivity contribution in [2.24, 2.45) is 0 Å². The van der Waals surface area contributed by atoms with Gasteiger partial charge in [-0.15, -0.1) is 26.3 Å². The van der Waals surface area contributed by atoms with Crippen molar-refractivity contribution in [3.05, 3.63) is 26.3 Å². The van der Waals surface area contributed by atoms with Gasteiger partial charge < -0.3 is 5.11 Å². The molecule has 0 rings (SSSR count). The molecule has 0 heterocycles. The van der Waals surface area contributed by atoms with E-state index in [4.69, 9.17) is 5.11 Å². The van der Waals surface area contributed by atoms with Gasteiger partial charge >= 0.3 is 0 Å². The van der Waals surface area contributed by atoms with E-state index in [1.165, 1.54) is 0 Å². The summed E-state index contributed by atoms with van der Waals surface area (Å²) in [6, 6.07) is 0. The van der Waals surface area contributed by atoms with Gasteiger partial charge in [0, 0.05) is 6.61 Å². The van der Waals surface area contributed by atoms with Gasteiger partial charge in [-0.25, -0.2) is 0 Å². The second-order valence-electron chi connectivity index (χ2n) is 1.08. The molecule has 0 amide bonds. The van der Waals surface area contributed by atoms with Crippen LogP contribution in [0.4, 0.5) is 0 Å². The Balaban J connectivity index is -0.0000000771. The van der Waals surface area contributed by atoms with Crippen LogP contribution in [0.3, 0.4) is 0 Å². The Morgan fingerprint density at radius 2 is 1.44 bits per heavy atom. The SMILES string of the molecule is C=C.C=C.CCCCO. The molecule has 0 spiro atoms. The van der Waals surface area contributed by atoms with Gasteiger partial charge in [0.15, 0.2) is 0 Å². The highest BCUT2D eigenvalue weighted by Crippen LogP contribution is 1.78. The van der Waals surface area contributed by atoms with Crippen LogP contribution in [0, 0.1) is 0 Å². The maximum atomic E-state index is 8.07. The molecular formula is C8H18O. The fraction of sp³-hybridized carbons (Fsp3) is 0.500. The summed E-state index contributed by atoms with van der Waals surface area (Å²) in [7, 11) is 0. The number of hydrogen-bond donors (Lipinski definition) is 1. The Kier molecular flexibility index (Phi) is 90.9. The normalized spacial score (nSPS) is 5.56. The smallest absolute Gasteiger partial charge is 0.0430 e. The van der Waals surface area contributed by atoms with Gasteiger partial charge in [0.25, 0.3) is 0 Å². The van der Waals surface area contributed by atoms with Crippen LogP contribution in [0.15, 0.2) is 26.3 Å². The lowest BCUT2D eigenvalue weighted by atomic mass is 10.4. The Hall–Kier alpha value is -0.560. The first-order valence-electron chi connectivity index (χ1n) is 3.02. The molecular weight excluding hydrogens is 112 g/mol. The molecule has 1 heteroatoms. The first kappa shape index (κ1) is 15.8. The number of rotatable bonds is 2. The largest absolute Gasteiger partial charge is 0.396 e. The topological polar surface area (TPSA) is 20.2 Å². The number of unbranched alkanes of at least 4 members (excludes halogenated alkanes) is 1. The summed E-state index contributed by atoms with van der Waals surface area (Å²) >= 11 is 0. The molecule has 0 aliphatic rings. The second-order valence-corrected chi connectivity index (χ2v) is 1.08. The minimum absolute atomic E-state index is 0.344. The minimum atomic E-state index is 0.344. The number of aliphatic hydroxyl groups excluding tert-OH is 1. The summed E-state index contributed by atoms with van der Waals surface area (Å²) in [5.74, 6) is 0. The van der Waals surface area contributed by atoms with Crippen molar-refractivity contribution < 1.29 is 5.11 Å². The quantitative estimate of drug-likeness (QED) is 0.569. The maximum absolute atomic E-state index is 8.07. The van der Waals surface area contributed by atoms with Gasteiger partial charge in [0.1, 0.15) is 0 Å². The molecule has 0 unspecified atom stereocenters. The number of aliphatic hydroxyl groups is 1. The average Bonchev–Trinajstić information content (AvgIpc) is 1.98. The molecule has 0 saturated heterocycles. The molecule has 0 bridgehead atoms. The van der Waals surface area contributed by atoms with Crippen molar-refractivity contribution in [3.8, 4) is 0 Å². The molecule has 0 aliphatic carbocycles. The van der Waals surface area contributed by atoms with Crippen molar-refractivity contribution in [1.82, 2.24) is 0 Å². The van der Waals surface area contributed by atoms with Gasteiger partial charge in [-0.1, -0.05) is 13.3 Å². The highest BCUT2D eigenvalue weighted by atomic mass is 16.2. The van der Waals surface area contributed by atoms with Crippen LogP contribution in [0.2, 0.25) is 0 Å². The van der Waals surface area contributed by atoms with E-state index in [-0.39, 0.29) is 0 Å². The zero-order valence-electron chi connectivity index (χ0n) is 6.40. The zero-order valence-corrected chi connectivity index (χ0v) is 6.40. The van der Waals surface area contributed by atoms with Crippen LogP contribution < -0.4 is 0 Å². The summed E-state index contributed by atoms with van der Waals surface area (Å²) in [6.45, 7) is 14.4. The van der Waals surface area contributed by atoms with Crippen LogP contribution in [0.25, 0.3) is 0 Å². The molecule has 0 aliphatic heterocycles. The average molecular weight is 130 g/mol. The molecule has 0 aromatic heterocycles. The molecule has 56 valence electrons. The van der Waals surface area contributed by atoms with Gasteiger partial charge in [0.2, 0.25) is 0 Å². The Morgan fingerprint density at radius 3 is 1.44 bits per heavy atom. The monoisotopic (exact) mass is 130 g/mol. The van der Waals surface area contributed by atoms with E-state index >= 15 is 0 Å². The Morgan fingerprint density at radius 1 is 1.11 bits per heavy atom. The third-order valence-corrected chi connectivity index (χ3v) is 0.512. The summed E-state index contributed by atoms with van der Waals surface area (Å²) in [6.07, 6.45) is 2.04. The fourth-order valence-corrected chi connectivity index (χ4v) is 0.158. The molecule has 0 radical (unpaired) electrons. The lowest BCUT2D eigenvalue weighted by Gasteiger charge is -1.79. The molecule has 0 saturated carbocycles. The van der Waals surface area contributed by atoms with Crippen LogP contribution in [-0.2, 0) is 0 Å². The molecule has 1 N–H and O–H groups in total. The standard InChI is InChI=1S/C4H10O.2C2H4/c1-2-3-4-5;2*1-2/h5H,2-4H2,1H3;2*1-2H2. The summed E-state index contributed by atoms with van der Waals surface area (Å²) < 4.78 is 0. The van der Waals surface area contributed by atoms with Gasteiger partial charge in [-0.2, -0.15) is 0 Å². The van der Waals surface area contributed by atoms with E-state index in [2.05, 4.69) is 33.2 Å². The van der Waals surface area contributed by atoms with Gasteiger partial charge in [-0.3, -0.25) is 0 Å².